The topological polar surface area (TPSA) is 61.8 Å². The monoisotopic (exact) mass is 411 g/mol. The maximum absolute atomic E-state index is 11.7. The summed E-state index contributed by atoms with van der Waals surface area (Å²) in [5, 5.41) is 0.970. The van der Waals surface area contributed by atoms with Gasteiger partial charge in [0, 0.05) is 58.4 Å². The van der Waals surface area contributed by atoms with Crippen LogP contribution in [-0.2, 0) is 4.79 Å². The lowest BCUT2D eigenvalue weighted by atomic mass is 9.97. The molecule has 0 spiro atoms. The lowest BCUT2D eigenvalue weighted by Gasteiger charge is -2.40. The number of rotatable bonds is 5. The summed E-state index contributed by atoms with van der Waals surface area (Å²) < 4.78 is 5.89. The molecule has 162 valence electrons. The molecule has 7 nitrogen and oxygen atoms in total. The number of piperidine rings is 1. The molecule has 1 aromatic carbocycles. The summed E-state index contributed by atoms with van der Waals surface area (Å²) in [5.41, 5.74) is 2.11. The molecular formula is C23H33N5O2. The third-order valence-corrected chi connectivity index (χ3v) is 6.15. The fourth-order valence-corrected chi connectivity index (χ4v) is 4.59. The van der Waals surface area contributed by atoms with E-state index in [-0.39, 0.29) is 12.0 Å². The number of amides is 1. The molecule has 2 aliphatic heterocycles. The molecule has 1 atom stereocenters. The first-order valence-electron chi connectivity index (χ1n) is 11.1. The molecule has 2 saturated heterocycles. The first-order valence-corrected chi connectivity index (χ1v) is 11.1. The first-order chi connectivity index (χ1) is 14.5. The van der Waals surface area contributed by atoms with Gasteiger partial charge < -0.3 is 14.5 Å². The van der Waals surface area contributed by atoms with Gasteiger partial charge in [0.25, 0.3) is 0 Å². The molecular weight excluding hydrogens is 378 g/mol. The number of hydrogen-bond acceptors (Lipinski definition) is 6. The average molecular weight is 412 g/mol. The number of piperazine rings is 1. The highest BCUT2D eigenvalue weighted by Gasteiger charge is 2.25. The van der Waals surface area contributed by atoms with E-state index < -0.39 is 0 Å². The Hall–Kier alpha value is -2.41. The van der Waals surface area contributed by atoms with Gasteiger partial charge >= 0.3 is 0 Å². The van der Waals surface area contributed by atoms with Crippen LogP contribution < -0.4 is 9.64 Å². The molecule has 0 aliphatic carbocycles. The molecule has 30 heavy (non-hydrogen) atoms. The van der Waals surface area contributed by atoms with Crippen molar-refractivity contribution in [2.45, 2.75) is 39.7 Å². The van der Waals surface area contributed by atoms with Gasteiger partial charge in [-0.1, -0.05) is 0 Å². The van der Waals surface area contributed by atoms with Gasteiger partial charge in [0.05, 0.1) is 17.0 Å². The highest BCUT2D eigenvalue weighted by Crippen LogP contribution is 2.28. The van der Waals surface area contributed by atoms with Gasteiger partial charge in [-0.05, 0) is 50.8 Å². The fraction of sp³-hybridized carbons (Fsp3) is 0.609. The van der Waals surface area contributed by atoms with Gasteiger partial charge in [0.1, 0.15) is 6.33 Å². The van der Waals surface area contributed by atoms with Gasteiger partial charge in [-0.3, -0.25) is 9.69 Å². The van der Waals surface area contributed by atoms with E-state index in [9.17, 15) is 4.79 Å². The molecule has 2 fully saturated rings. The minimum absolute atomic E-state index is 0.0778. The van der Waals surface area contributed by atoms with Gasteiger partial charge in [0.15, 0.2) is 0 Å². The number of carbonyl (C=O) groups excluding carboxylic acids is 1. The summed E-state index contributed by atoms with van der Waals surface area (Å²) >= 11 is 0. The molecule has 1 amide bonds. The van der Waals surface area contributed by atoms with Crippen molar-refractivity contribution in [3.05, 3.63) is 24.5 Å². The fourth-order valence-electron chi connectivity index (χ4n) is 4.59. The van der Waals surface area contributed by atoms with Crippen LogP contribution in [0.3, 0.4) is 0 Å². The Balaban J connectivity index is 1.38. The number of anilines is 1. The van der Waals surface area contributed by atoms with Crippen molar-refractivity contribution in [3.8, 4) is 5.88 Å². The number of aromatic nitrogens is 2. The first kappa shape index (κ1) is 20.8. The quantitative estimate of drug-likeness (QED) is 0.754. The zero-order valence-electron chi connectivity index (χ0n) is 18.4. The molecule has 4 rings (SSSR count). The normalized spacial score (nSPS) is 20.7. The van der Waals surface area contributed by atoms with E-state index in [1.165, 1.54) is 12.1 Å². The standard InChI is InChI=1S/C23H33N5O2/c1-17(2)30-23-21-13-20(6-7-22(21)24-16-25-23)27-11-9-26(10-12-27)14-19-5-4-8-28(15-19)18(3)29/h6-7,13,16-17,19H,4-5,8-12,14-15H2,1-3H3. The van der Waals surface area contributed by atoms with Crippen LogP contribution in [0, 0.1) is 5.92 Å². The van der Waals surface area contributed by atoms with E-state index in [2.05, 4.69) is 38.0 Å². The Morgan fingerprint density at radius 3 is 2.70 bits per heavy atom. The van der Waals surface area contributed by atoms with E-state index >= 15 is 0 Å². The number of likely N-dealkylation sites (tertiary alicyclic amines) is 1. The minimum atomic E-state index is 0.0778. The van der Waals surface area contributed by atoms with Gasteiger partial charge in [-0.15, -0.1) is 0 Å². The van der Waals surface area contributed by atoms with Crippen molar-refractivity contribution in [2.24, 2.45) is 5.92 Å². The molecule has 2 aromatic rings. The molecule has 0 saturated carbocycles. The third-order valence-electron chi connectivity index (χ3n) is 6.15. The molecule has 3 heterocycles. The van der Waals surface area contributed by atoms with Crippen LogP contribution in [0.15, 0.2) is 24.5 Å². The lowest BCUT2D eigenvalue weighted by Crippen LogP contribution is -2.50. The SMILES string of the molecule is CC(=O)N1CCCC(CN2CCN(c3ccc4ncnc(OC(C)C)c4c3)CC2)C1. The summed E-state index contributed by atoms with van der Waals surface area (Å²) in [7, 11) is 0. The average Bonchev–Trinajstić information content (AvgIpc) is 2.74. The number of carbonyl (C=O) groups is 1. The molecule has 0 radical (unpaired) electrons. The number of nitrogens with zero attached hydrogens (tertiary/aromatic N) is 5. The van der Waals surface area contributed by atoms with E-state index in [4.69, 9.17) is 4.74 Å². The summed E-state index contributed by atoms with van der Waals surface area (Å²) in [5.74, 6) is 1.47. The zero-order valence-corrected chi connectivity index (χ0v) is 18.4. The zero-order chi connectivity index (χ0) is 21.1. The van der Waals surface area contributed by atoms with Crippen LogP contribution >= 0.6 is 0 Å². The maximum Gasteiger partial charge on any atom is 0.224 e. The number of fused-ring (bicyclic) bond motifs is 1. The molecule has 2 aliphatic rings. The maximum atomic E-state index is 11.7. The summed E-state index contributed by atoms with van der Waals surface area (Å²) in [6.45, 7) is 12.8. The second kappa shape index (κ2) is 9.16. The van der Waals surface area contributed by atoms with Crippen molar-refractivity contribution >= 4 is 22.5 Å². The second-order valence-electron chi connectivity index (χ2n) is 8.81. The minimum Gasteiger partial charge on any atom is -0.474 e. The molecule has 1 aromatic heterocycles. The largest absolute Gasteiger partial charge is 0.474 e. The van der Waals surface area contributed by atoms with Crippen molar-refractivity contribution in [1.82, 2.24) is 19.8 Å². The highest BCUT2D eigenvalue weighted by atomic mass is 16.5. The van der Waals surface area contributed by atoms with Gasteiger partial charge in [-0.2, -0.15) is 0 Å². The van der Waals surface area contributed by atoms with Crippen molar-refractivity contribution in [2.75, 3.05) is 50.7 Å². The third kappa shape index (κ3) is 4.83. The number of hydrogen-bond donors (Lipinski definition) is 0. The summed E-state index contributed by atoms with van der Waals surface area (Å²) in [6, 6.07) is 6.37. The Bertz CT molecular complexity index is 879. The van der Waals surface area contributed by atoms with Crippen LogP contribution in [0.5, 0.6) is 5.88 Å². The van der Waals surface area contributed by atoms with Crippen molar-refractivity contribution in [3.63, 3.8) is 0 Å². The summed E-state index contributed by atoms with van der Waals surface area (Å²) in [6.07, 6.45) is 4.00. The molecule has 1 unspecified atom stereocenters. The lowest BCUT2D eigenvalue weighted by molar-refractivity contribution is -0.130. The molecule has 0 bridgehead atoms. The predicted octanol–water partition coefficient (Wildman–Crippen LogP) is 2.80. The summed E-state index contributed by atoms with van der Waals surface area (Å²) in [4.78, 5) is 27.4. The number of benzene rings is 1. The smallest absolute Gasteiger partial charge is 0.224 e. The Kier molecular flexibility index (Phi) is 6.37. The van der Waals surface area contributed by atoms with Crippen LogP contribution in [0.4, 0.5) is 5.69 Å². The van der Waals surface area contributed by atoms with Crippen molar-refractivity contribution < 1.29 is 9.53 Å². The molecule has 7 heteroatoms. The second-order valence-corrected chi connectivity index (χ2v) is 8.81. The number of ether oxygens (including phenoxy) is 1. The Morgan fingerprint density at radius 1 is 1.17 bits per heavy atom. The van der Waals surface area contributed by atoms with Crippen LogP contribution in [0.1, 0.15) is 33.6 Å². The van der Waals surface area contributed by atoms with E-state index in [1.807, 2.05) is 18.7 Å². The predicted molar refractivity (Wildman–Crippen MR) is 119 cm³/mol. The van der Waals surface area contributed by atoms with Crippen LogP contribution in [0.2, 0.25) is 0 Å². The van der Waals surface area contributed by atoms with E-state index in [1.54, 1.807) is 13.3 Å². The van der Waals surface area contributed by atoms with Crippen molar-refractivity contribution in [1.29, 1.82) is 0 Å². The Labute approximate surface area is 179 Å². The van der Waals surface area contributed by atoms with Gasteiger partial charge in [-0.25, -0.2) is 9.97 Å². The van der Waals surface area contributed by atoms with E-state index in [0.717, 1.165) is 63.1 Å². The molecule has 0 N–H and O–H groups in total. The van der Waals surface area contributed by atoms with Crippen LogP contribution in [0.25, 0.3) is 10.9 Å². The van der Waals surface area contributed by atoms with Gasteiger partial charge in [0.2, 0.25) is 11.8 Å². The van der Waals surface area contributed by atoms with E-state index in [0.29, 0.717) is 11.8 Å². The van der Waals surface area contributed by atoms with Crippen LogP contribution in [-0.4, -0.2) is 77.6 Å². The Morgan fingerprint density at radius 2 is 1.97 bits per heavy atom. The highest BCUT2D eigenvalue weighted by molar-refractivity contribution is 5.86.